The third kappa shape index (κ3) is 3.49. The summed E-state index contributed by atoms with van der Waals surface area (Å²) in [5.74, 6) is 0.303. The Morgan fingerprint density at radius 3 is 2.61 bits per heavy atom. The average Bonchev–Trinajstić information content (AvgIpc) is 3.25. The Bertz CT molecular complexity index is 1070. The summed E-state index contributed by atoms with van der Waals surface area (Å²) >= 11 is 1.37. The van der Waals surface area contributed by atoms with Gasteiger partial charge in [-0.25, -0.2) is 13.4 Å². The molecule has 0 saturated carbocycles. The van der Waals surface area contributed by atoms with Gasteiger partial charge in [0.15, 0.2) is 15.0 Å². The van der Waals surface area contributed by atoms with E-state index in [2.05, 4.69) is 4.98 Å². The van der Waals surface area contributed by atoms with Gasteiger partial charge in [-0.15, -0.1) is 0 Å². The van der Waals surface area contributed by atoms with Gasteiger partial charge >= 0.3 is 0 Å². The Morgan fingerprint density at radius 2 is 1.96 bits per heavy atom. The third-order valence-electron chi connectivity index (χ3n) is 4.70. The van der Waals surface area contributed by atoms with Gasteiger partial charge in [-0.3, -0.25) is 9.69 Å². The van der Waals surface area contributed by atoms with Crippen molar-refractivity contribution < 1.29 is 17.9 Å². The molecular weight excluding hydrogens is 396 g/mol. The van der Waals surface area contributed by atoms with Crippen molar-refractivity contribution in [3.8, 4) is 5.75 Å². The number of hydrogen-bond acceptors (Lipinski definition) is 6. The first-order valence-electron chi connectivity index (χ1n) is 9.13. The molecule has 28 heavy (non-hydrogen) atoms. The van der Waals surface area contributed by atoms with E-state index >= 15 is 0 Å². The van der Waals surface area contributed by atoms with Gasteiger partial charge in [0.05, 0.1) is 28.3 Å². The maximum Gasteiger partial charge on any atom is 0.251 e. The fourth-order valence-electron chi connectivity index (χ4n) is 3.36. The second-order valence-electron chi connectivity index (χ2n) is 6.56. The van der Waals surface area contributed by atoms with Crippen molar-refractivity contribution in [2.75, 3.05) is 17.3 Å². The number of carbonyl (C=O) groups excluding carboxylic acids is 1. The number of para-hydroxylation sites is 1. The number of sulfone groups is 1. The Labute approximate surface area is 167 Å². The maximum absolute atomic E-state index is 13.3. The van der Waals surface area contributed by atoms with Crippen LogP contribution in [-0.4, -0.2) is 36.9 Å². The van der Waals surface area contributed by atoms with E-state index in [1.165, 1.54) is 16.2 Å². The molecule has 4 rings (SSSR count). The molecule has 1 amide bonds. The summed E-state index contributed by atoms with van der Waals surface area (Å²) in [6, 6.07) is 14.7. The number of ether oxygens (including phenoxy) is 1. The topological polar surface area (TPSA) is 76.6 Å². The van der Waals surface area contributed by atoms with Crippen LogP contribution in [0, 0.1) is 0 Å². The quantitative estimate of drug-likeness (QED) is 0.630. The number of amides is 1. The number of aromatic nitrogens is 1. The maximum atomic E-state index is 13.3. The zero-order valence-corrected chi connectivity index (χ0v) is 17.0. The van der Waals surface area contributed by atoms with Crippen LogP contribution in [0.5, 0.6) is 5.75 Å². The van der Waals surface area contributed by atoms with Crippen molar-refractivity contribution in [1.29, 1.82) is 0 Å². The smallest absolute Gasteiger partial charge is 0.251 e. The van der Waals surface area contributed by atoms with Gasteiger partial charge in [0.25, 0.3) is 5.91 Å². The minimum absolute atomic E-state index is 0.0559. The first-order chi connectivity index (χ1) is 13.5. The lowest BCUT2D eigenvalue weighted by Gasteiger charge is -2.23. The van der Waals surface area contributed by atoms with E-state index in [0.717, 1.165) is 10.2 Å². The number of nitrogens with zero attached hydrogens (tertiary/aromatic N) is 2. The largest absolute Gasteiger partial charge is 0.494 e. The van der Waals surface area contributed by atoms with E-state index in [4.69, 9.17) is 4.74 Å². The highest BCUT2D eigenvalue weighted by Crippen LogP contribution is 2.36. The third-order valence-corrected chi connectivity index (χ3v) is 7.89. The second kappa shape index (κ2) is 7.52. The van der Waals surface area contributed by atoms with Crippen molar-refractivity contribution in [3.05, 3.63) is 48.5 Å². The molecule has 1 saturated heterocycles. The zero-order chi connectivity index (χ0) is 19.7. The van der Waals surface area contributed by atoms with Crippen LogP contribution < -0.4 is 9.64 Å². The second-order valence-corrected chi connectivity index (χ2v) is 9.87. The number of rotatable bonds is 5. The lowest BCUT2D eigenvalue weighted by molar-refractivity contribution is -0.117. The Balaban J connectivity index is 1.79. The van der Waals surface area contributed by atoms with Crippen LogP contribution in [0.3, 0.4) is 0 Å². The summed E-state index contributed by atoms with van der Waals surface area (Å²) < 4.78 is 31.2. The number of fused-ring (bicyclic) bond motifs is 1. The fourth-order valence-corrected chi connectivity index (χ4v) is 6.14. The van der Waals surface area contributed by atoms with Gasteiger partial charge in [0, 0.05) is 0 Å². The molecule has 2 heterocycles. The Hall–Kier alpha value is -2.45. The summed E-state index contributed by atoms with van der Waals surface area (Å²) in [6.07, 6.45) is 0.856. The molecule has 3 aromatic rings. The zero-order valence-electron chi connectivity index (χ0n) is 15.4. The van der Waals surface area contributed by atoms with Crippen LogP contribution >= 0.6 is 11.3 Å². The normalized spacial score (nSPS) is 18.2. The number of carbonyl (C=O) groups is 1. The molecule has 2 aromatic carbocycles. The number of hydrogen-bond donors (Lipinski definition) is 0. The molecule has 8 heteroatoms. The van der Waals surface area contributed by atoms with Gasteiger partial charge in [0.1, 0.15) is 11.0 Å². The van der Waals surface area contributed by atoms with Crippen LogP contribution in [-0.2, 0) is 14.6 Å². The van der Waals surface area contributed by atoms with Crippen molar-refractivity contribution in [3.63, 3.8) is 0 Å². The van der Waals surface area contributed by atoms with Gasteiger partial charge < -0.3 is 4.74 Å². The SMILES string of the molecule is CCOc1ccc(N(C(=O)C2CCCS2(=O)=O)c2nc3ccccc3s2)cc1. The van der Waals surface area contributed by atoms with Gasteiger partial charge in [-0.05, 0) is 56.2 Å². The highest BCUT2D eigenvalue weighted by atomic mass is 32.2. The van der Waals surface area contributed by atoms with E-state index in [9.17, 15) is 13.2 Å². The first-order valence-corrected chi connectivity index (χ1v) is 11.7. The molecule has 1 atom stereocenters. The molecule has 6 nitrogen and oxygen atoms in total. The predicted octanol–water partition coefficient (Wildman–Crippen LogP) is 3.94. The van der Waals surface area contributed by atoms with Gasteiger partial charge in [-0.1, -0.05) is 23.5 Å². The molecule has 0 bridgehead atoms. The fraction of sp³-hybridized carbons (Fsp3) is 0.300. The minimum atomic E-state index is -3.43. The molecule has 0 N–H and O–H groups in total. The van der Waals surface area contributed by atoms with E-state index in [0.29, 0.717) is 36.0 Å². The summed E-state index contributed by atoms with van der Waals surface area (Å²) in [7, 11) is -3.43. The molecule has 1 aliphatic heterocycles. The lowest BCUT2D eigenvalue weighted by atomic mass is 10.2. The van der Waals surface area contributed by atoms with E-state index in [1.54, 1.807) is 24.3 Å². The molecule has 0 radical (unpaired) electrons. The predicted molar refractivity (Wildman–Crippen MR) is 111 cm³/mol. The van der Waals surface area contributed by atoms with Gasteiger partial charge in [-0.2, -0.15) is 0 Å². The van der Waals surface area contributed by atoms with Crippen LogP contribution in [0.15, 0.2) is 48.5 Å². The van der Waals surface area contributed by atoms with Gasteiger partial charge in [0.2, 0.25) is 0 Å². The summed E-state index contributed by atoms with van der Waals surface area (Å²) in [5, 5.41) is -0.552. The average molecular weight is 417 g/mol. The molecule has 1 unspecified atom stereocenters. The monoisotopic (exact) mass is 416 g/mol. The molecule has 1 fully saturated rings. The number of benzene rings is 2. The Kier molecular flexibility index (Phi) is 5.07. The van der Waals surface area contributed by atoms with Crippen LogP contribution in [0.25, 0.3) is 10.2 Å². The number of anilines is 2. The highest BCUT2D eigenvalue weighted by Gasteiger charge is 2.41. The van der Waals surface area contributed by atoms with Crippen molar-refractivity contribution in [2.45, 2.75) is 25.0 Å². The molecule has 0 spiro atoms. The van der Waals surface area contributed by atoms with E-state index in [1.807, 2.05) is 31.2 Å². The van der Waals surface area contributed by atoms with E-state index in [-0.39, 0.29) is 5.75 Å². The van der Waals surface area contributed by atoms with E-state index < -0.39 is 21.0 Å². The summed E-state index contributed by atoms with van der Waals surface area (Å²) in [5.41, 5.74) is 1.36. The number of thiazole rings is 1. The van der Waals surface area contributed by atoms with Crippen LogP contribution in [0.2, 0.25) is 0 Å². The molecule has 146 valence electrons. The first kappa shape index (κ1) is 18.9. The van der Waals surface area contributed by atoms with Crippen molar-refractivity contribution in [1.82, 2.24) is 4.98 Å². The molecule has 1 aromatic heterocycles. The Morgan fingerprint density at radius 1 is 1.21 bits per heavy atom. The minimum Gasteiger partial charge on any atom is -0.494 e. The van der Waals surface area contributed by atoms with Crippen molar-refractivity contribution in [2.24, 2.45) is 0 Å². The molecular formula is C20H20N2O4S2. The summed E-state index contributed by atoms with van der Waals surface area (Å²) in [4.78, 5) is 19.4. The lowest BCUT2D eigenvalue weighted by Crippen LogP contribution is -2.38. The van der Waals surface area contributed by atoms with Crippen molar-refractivity contribution >= 4 is 48.1 Å². The summed E-state index contributed by atoms with van der Waals surface area (Å²) in [6.45, 7) is 2.44. The molecule has 1 aliphatic rings. The standard InChI is InChI=1S/C20H20N2O4S2/c1-2-26-15-11-9-14(10-12-15)22(19(23)18-8-5-13-28(18,24)25)20-21-16-6-3-4-7-17(16)27-20/h3-4,6-7,9-12,18H,2,5,8,13H2,1H3. The highest BCUT2D eigenvalue weighted by molar-refractivity contribution is 7.93. The van der Waals surface area contributed by atoms with Crippen LogP contribution in [0.1, 0.15) is 19.8 Å². The molecule has 0 aliphatic carbocycles. The van der Waals surface area contributed by atoms with Crippen LogP contribution in [0.4, 0.5) is 10.8 Å².